The van der Waals surface area contributed by atoms with Gasteiger partial charge < -0.3 is 39.9 Å². The minimum absolute atomic E-state index is 0. The van der Waals surface area contributed by atoms with Crippen molar-refractivity contribution in [3.05, 3.63) is 169 Å². The molecule has 582 valence electrons. The van der Waals surface area contributed by atoms with Crippen molar-refractivity contribution in [2.24, 2.45) is 0 Å². The molecule has 6 aromatic rings. The molecule has 3 unspecified atom stereocenters. The van der Waals surface area contributed by atoms with Crippen LogP contribution in [0.1, 0.15) is 81.8 Å². The molecule has 0 spiro atoms. The van der Waals surface area contributed by atoms with Crippen LogP contribution < -0.4 is 20.4 Å². The van der Waals surface area contributed by atoms with Crippen LogP contribution in [0.3, 0.4) is 0 Å². The minimum atomic E-state index is -3.83. The summed E-state index contributed by atoms with van der Waals surface area (Å²) in [6.45, 7) is 6.85. The van der Waals surface area contributed by atoms with E-state index in [1.807, 2.05) is 36.4 Å². The third-order valence-corrected chi connectivity index (χ3v) is 27.3. The first-order valence-electron chi connectivity index (χ1n) is 34.3. The first kappa shape index (κ1) is 92.6. The minimum Gasteiger partial charge on any atom is -0.466 e. The van der Waals surface area contributed by atoms with E-state index in [9.17, 15) is 39.6 Å². The van der Waals surface area contributed by atoms with Gasteiger partial charge in [-0.3, -0.25) is 14.4 Å². The molecule has 0 radical (unpaired) electrons. The number of hydrogen-bond donors (Lipinski definition) is 1. The quantitative estimate of drug-likeness (QED) is 0.0303. The fourth-order valence-electron chi connectivity index (χ4n) is 12.2. The Morgan fingerprint density at radius 3 is 1.00 bits per heavy atom. The van der Waals surface area contributed by atoms with Gasteiger partial charge >= 0.3 is 0 Å². The lowest BCUT2D eigenvalue weighted by Crippen LogP contribution is -2.30. The zero-order valence-corrected chi connectivity index (χ0v) is 69.8. The van der Waals surface area contributed by atoms with E-state index in [4.69, 9.17) is 75.3 Å². The number of Topliss-reactive ketones (excluding diaryl/α,β-unsaturated/α-hetero) is 2. The molecule has 3 heterocycles. The van der Waals surface area contributed by atoms with Gasteiger partial charge in [0.1, 0.15) is 32.9 Å². The molecule has 0 amide bonds. The number of nitrogens with two attached hydrogens (primary N) is 1. The Bertz CT molecular complexity index is 3890. The normalized spacial score (nSPS) is 16.7. The Morgan fingerprint density at radius 2 is 0.714 bits per heavy atom. The molecule has 0 aliphatic carbocycles. The summed E-state index contributed by atoms with van der Waals surface area (Å²) in [4.78, 5) is 49.2. The molecule has 3 atom stereocenters. The molecule has 20 nitrogen and oxygen atoms in total. The van der Waals surface area contributed by atoms with E-state index in [0.717, 1.165) is 87.9 Å². The van der Waals surface area contributed by atoms with Crippen LogP contribution in [0.4, 0.5) is 22.7 Å². The zero-order valence-electron chi connectivity index (χ0n) is 61.2. The number of nitrogens with zero attached hydrogens (tertiary/aromatic N) is 9. The zero-order chi connectivity index (χ0) is 75.8. The van der Waals surface area contributed by atoms with Crippen LogP contribution in [0, 0.1) is 0 Å². The molecule has 0 saturated carbocycles. The average molecular weight is 1670 g/mol. The van der Waals surface area contributed by atoms with Gasteiger partial charge in [0.25, 0.3) is 6.47 Å². The van der Waals surface area contributed by atoms with Gasteiger partial charge in [-0.15, -0.1) is 24.8 Å². The highest BCUT2D eigenvalue weighted by Gasteiger charge is 2.29. The van der Waals surface area contributed by atoms with Crippen LogP contribution in [-0.2, 0) is 62.0 Å². The predicted octanol–water partition coefficient (Wildman–Crippen LogP) is 14.3. The molecule has 3 saturated heterocycles. The maximum absolute atomic E-state index is 12.8. The van der Waals surface area contributed by atoms with Crippen LogP contribution >= 0.6 is 94.4 Å². The molecule has 0 aromatic heterocycles. The Labute approximate surface area is 666 Å². The van der Waals surface area contributed by atoms with Crippen molar-refractivity contribution in [3.63, 3.8) is 0 Å². The first-order valence-corrected chi connectivity index (χ1v) is 40.9. The lowest BCUT2D eigenvalue weighted by atomic mass is 10.1. The van der Waals surface area contributed by atoms with Crippen LogP contribution in [0.25, 0.3) is 0 Å². The summed E-state index contributed by atoms with van der Waals surface area (Å²) in [6.07, 6.45) is 11.6. The number of ketones is 2. The number of ether oxygens (including phenoxy) is 1. The van der Waals surface area contributed by atoms with Crippen molar-refractivity contribution in [1.29, 1.82) is 0 Å². The van der Waals surface area contributed by atoms with Crippen molar-refractivity contribution >= 4 is 165 Å². The van der Waals surface area contributed by atoms with Crippen molar-refractivity contribution < 1.29 is 44.4 Å². The average Bonchev–Trinajstić information content (AvgIpc) is 1.07. The van der Waals surface area contributed by atoms with Crippen molar-refractivity contribution in [2.45, 2.75) is 116 Å². The van der Waals surface area contributed by atoms with Crippen molar-refractivity contribution in [3.8, 4) is 0 Å². The Balaban J connectivity index is 0.000000308. The summed E-state index contributed by atoms with van der Waals surface area (Å²) in [5, 5.41) is 0.465. The number of anilines is 4. The fourth-order valence-corrected chi connectivity index (χ4v) is 17.9. The number of carbonyl (C=O) groups is 3. The van der Waals surface area contributed by atoms with Crippen molar-refractivity contribution in [2.75, 3.05) is 149 Å². The Kier molecular flexibility index (Phi) is 39.5. The van der Waals surface area contributed by atoms with Gasteiger partial charge in [0, 0.05) is 147 Å². The van der Waals surface area contributed by atoms with Gasteiger partial charge in [0.15, 0.2) is 0 Å². The number of halogens is 8. The molecule has 2 N–H and O–H groups in total. The van der Waals surface area contributed by atoms with Gasteiger partial charge in [0.2, 0.25) is 30.1 Å². The first-order chi connectivity index (χ1) is 48.8. The third kappa shape index (κ3) is 28.0. The summed E-state index contributed by atoms with van der Waals surface area (Å²) < 4.78 is 83.3. The SMILES string of the molecule is CN(C)C1CCCN(c2ccc(CC(=O)CCN(C)S(=O)(=O)c3cccc(Cl)c3Cl)cc2)CC1.CN(C)C1CCCN(c2ccc(CC(=O)CCN(C)S(=O)(=O)c3cccc(Cl)c3Cl)cc2)CC1.CN(C)C1CCCN(c2ccc(N)cc2)CC1.CN(CCOC=O)S(=O)(=O)c1cccc(Cl)c1Cl.Cl.Cl. The lowest BCUT2D eigenvalue weighted by Gasteiger charge is -2.25. The van der Waals surface area contributed by atoms with Crippen LogP contribution in [0.2, 0.25) is 30.1 Å². The fraction of sp³-hybridized carbons (Fsp3) is 0.473. The van der Waals surface area contributed by atoms with Gasteiger partial charge in [0.05, 0.1) is 30.1 Å². The summed E-state index contributed by atoms with van der Waals surface area (Å²) in [5.74, 6) is -0.0359. The molecule has 9 rings (SSSR count). The number of sulfonamides is 3. The maximum Gasteiger partial charge on any atom is 0.293 e. The van der Waals surface area contributed by atoms with E-state index in [0.29, 0.717) is 12.1 Å². The molecule has 0 bridgehead atoms. The second-order valence-corrected chi connectivity index (χ2v) is 35.0. The largest absolute Gasteiger partial charge is 0.466 e. The molecule has 6 aromatic carbocycles. The van der Waals surface area contributed by atoms with Crippen LogP contribution in [0.15, 0.2) is 142 Å². The number of rotatable bonds is 26. The van der Waals surface area contributed by atoms with E-state index >= 15 is 0 Å². The Morgan fingerprint density at radius 1 is 0.429 bits per heavy atom. The Hall–Kier alpha value is -4.74. The molecule has 3 aliphatic rings. The van der Waals surface area contributed by atoms with Gasteiger partial charge in [-0.1, -0.05) is 112 Å². The highest BCUT2D eigenvalue weighted by molar-refractivity contribution is 7.89. The smallest absolute Gasteiger partial charge is 0.293 e. The summed E-state index contributed by atoms with van der Waals surface area (Å²) in [6, 6.07) is 39.8. The topological polar surface area (TPSA) is 218 Å². The molecule has 31 heteroatoms. The molecule has 3 fully saturated rings. The standard InChI is InChI=1S/2C25H33Cl2N3O3S.C14H23N3.C10H11Cl2NO4S.2ClH/c2*1-28(2)20-6-5-15-30(17-13-20)21-11-9-19(10-12-21)18-22(31)14-16-29(3)34(32,33)24-8-4-7-23(26)25(24)27;1-16(2)13-4-3-10-17(11-9-13)14-7-5-12(15)6-8-14;1-13(5-6-17-7-14)18(15,16)9-4-2-3-8(11)10(9)12;;/h2*4,7-12,20H,5-6,13-18H2,1-3H3;5-8,13H,3-4,9-11,15H2,1-2H3;2-4,7H,5-6H2,1H3;2*1H. The highest BCUT2D eigenvalue weighted by atomic mass is 35.5. The summed E-state index contributed by atoms with van der Waals surface area (Å²) >= 11 is 35.7. The third-order valence-electron chi connectivity index (χ3n) is 18.8. The number of carbonyl (C=O) groups excluding carboxylic acids is 3. The predicted molar refractivity (Wildman–Crippen MR) is 436 cm³/mol. The summed E-state index contributed by atoms with van der Waals surface area (Å²) in [5.41, 5.74) is 12.1. The molecule has 105 heavy (non-hydrogen) atoms. The second-order valence-electron chi connectivity index (χ2n) is 26.6. The van der Waals surface area contributed by atoms with Gasteiger partial charge in [-0.25, -0.2) is 33.9 Å². The second kappa shape index (κ2) is 44.8. The van der Waals surface area contributed by atoms with Crippen LogP contribution in [-0.4, -0.2) is 218 Å². The number of nitrogen functional groups attached to an aromatic ring is 1. The molecular formula is C74H102Cl8N10O10S3. The summed E-state index contributed by atoms with van der Waals surface area (Å²) in [7, 11) is 5.77. The highest BCUT2D eigenvalue weighted by Crippen LogP contribution is 2.34. The van der Waals surface area contributed by atoms with E-state index in [1.54, 1.807) is 0 Å². The van der Waals surface area contributed by atoms with Gasteiger partial charge in [-0.05, 0) is 196 Å². The van der Waals surface area contributed by atoms with E-state index < -0.39 is 30.1 Å². The maximum atomic E-state index is 12.8. The van der Waals surface area contributed by atoms with Crippen LogP contribution in [0.5, 0.6) is 0 Å². The van der Waals surface area contributed by atoms with Gasteiger partial charge in [-0.2, -0.15) is 4.31 Å². The number of hydrogen-bond acceptors (Lipinski definition) is 17. The lowest BCUT2D eigenvalue weighted by molar-refractivity contribution is -0.128. The molecular weight excluding hydrogens is 1570 g/mol. The number of benzene rings is 6. The van der Waals surface area contributed by atoms with E-state index in [1.165, 1.54) is 138 Å². The molecule has 3 aliphatic heterocycles. The monoisotopic (exact) mass is 1670 g/mol. The van der Waals surface area contributed by atoms with E-state index in [2.05, 4.69) is 113 Å². The van der Waals surface area contributed by atoms with E-state index in [-0.39, 0.29) is 140 Å². The van der Waals surface area contributed by atoms with Crippen molar-refractivity contribution in [1.82, 2.24) is 27.6 Å². The number of likely N-dealkylation sites (N-methyl/N-ethyl adjacent to an activating group) is 1.